The molecule has 1 aliphatic heterocycles. The number of nitrogens with one attached hydrogen (secondary N) is 2. The number of rotatable bonds is 8. The highest BCUT2D eigenvalue weighted by Crippen LogP contribution is 2.19. The van der Waals surface area contributed by atoms with Crippen LogP contribution in [0.4, 0.5) is 0 Å². The Morgan fingerprint density at radius 3 is 2.80 bits per heavy atom. The molecule has 2 N–H and O–H groups in total. The van der Waals surface area contributed by atoms with Gasteiger partial charge < -0.3 is 10.6 Å². The van der Waals surface area contributed by atoms with Crippen molar-refractivity contribution in [2.75, 3.05) is 33.2 Å². The Balaban J connectivity index is 0.00000312. The predicted molar refractivity (Wildman–Crippen MR) is 121 cm³/mol. The van der Waals surface area contributed by atoms with Crippen LogP contribution in [-0.2, 0) is 6.54 Å². The monoisotopic (exact) mass is 478 g/mol. The van der Waals surface area contributed by atoms with E-state index in [1.54, 1.807) is 0 Å². The summed E-state index contributed by atoms with van der Waals surface area (Å²) in [6.45, 7) is 10.1. The fraction of sp³-hybridized carbons (Fsp3) is 0.737. The number of thiophene rings is 1. The summed E-state index contributed by atoms with van der Waals surface area (Å²) < 4.78 is 0. The summed E-state index contributed by atoms with van der Waals surface area (Å²) in [6.07, 6.45) is 5.07. The van der Waals surface area contributed by atoms with Crippen LogP contribution in [0.25, 0.3) is 0 Å². The maximum atomic E-state index is 4.38. The standard InChI is InChI=1S/C19H34N4S.HI/c1-4-16(5-2)12-21-19(20-3)22-13-17-8-6-10-23(14-17)15-18-9-7-11-24-18;/h7,9,11,16-17H,4-6,8,10,12-15H2,1-3H3,(H2,20,21,22);1H. The topological polar surface area (TPSA) is 39.7 Å². The van der Waals surface area contributed by atoms with Crippen LogP contribution in [0.5, 0.6) is 0 Å². The zero-order chi connectivity index (χ0) is 17.2. The van der Waals surface area contributed by atoms with E-state index in [1.165, 1.54) is 43.6 Å². The van der Waals surface area contributed by atoms with E-state index in [4.69, 9.17) is 0 Å². The zero-order valence-corrected chi connectivity index (χ0v) is 19.1. The lowest BCUT2D eigenvalue weighted by atomic mass is 9.98. The molecule has 0 spiro atoms. The molecule has 6 heteroatoms. The lowest BCUT2D eigenvalue weighted by molar-refractivity contribution is 0.169. The number of likely N-dealkylation sites (tertiary alicyclic amines) is 1. The van der Waals surface area contributed by atoms with E-state index in [1.807, 2.05) is 18.4 Å². The van der Waals surface area contributed by atoms with Gasteiger partial charge in [0.2, 0.25) is 0 Å². The van der Waals surface area contributed by atoms with Gasteiger partial charge in [0.1, 0.15) is 0 Å². The van der Waals surface area contributed by atoms with Crippen LogP contribution in [0.2, 0.25) is 0 Å². The molecule has 1 aromatic heterocycles. The van der Waals surface area contributed by atoms with Gasteiger partial charge in [-0.25, -0.2) is 0 Å². The van der Waals surface area contributed by atoms with Crippen LogP contribution < -0.4 is 10.6 Å². The van der Waals surface area contributed by atoms with Crippen molar-refractivity contribution in [1.82, 2.24) is 15.5 Å². The van der Waals surface area contributed by atoms with Gasteiger partial charge in [0, 0.05) is 38.1 Å². The summed E-state index contributed by atoms with van der Waals surface area (Å²) in [6, 6.07) is 4.40. The highest BCUT2D eigenvalue weighted by atomic mass is 127. The molecule has 0 amide bonds. The fourth-order valence-electron chi connectivity index (χ4n) is 3.36. The second-order valence-corrected chi connectivity index (χ2v) is 7.87. The minimum Gasteiger partial charge on any atom is -0.356 e. The highest BCUT2D eigenvalue weighted by molar-refractivity contribution is 14.0. The van der Waals surface area contributed by atoms with E-state index >= 15 is 0 Å². The molecule has 0 radical (unpaired) electrons. The third kappa shape index (κ3) is 8.26. The second kappa shape index (κ2) is 12.9. The lowest BCUT2D eigenvalue weighted by Gasteiger charge is -2.32. The van der Waals surface area contributed by atoms with Crippen molar-refractivity contribution in [2.24, 2.45) is 16.8 Å². The van der Waals surface area contributed by atoms with Gasteiger partial charge in [-0.15, -0.1) is 35.3 Å². The average Bonchev–Trinajstić information content (AvgIpc) is 3.11. The van der Waals surface area contributed by atoms with Gasteiger partial charge >= 0.3 is 0 Å². The van der Waals surface area contributed by atoms with Gasteiger partial charge in [0.15, 0.2) is 5.96 Å². The van der Waals surface area contributed by atoms with Gasteiger partial charge in [-0.3, -0.25) is 9.89 Å². The minimum atomic E-state index is 0. The molecule has 2 rings (SSSR count). The van der Waals surface area contributed by atoms with Crippen LogP contribution in [0.15, 0.2) is 22.5 Å². The van der Waals surface area contributed by atoms with Gasteiger partial charge in [0.05, 0.1) is 0 Å². The third-order valence-corrected chi connectivity index (χ3v) is 5.92. The summed E-state index contributed by atoms with van der Waals surface area (Å²) in [5, 5.41) is 9.20. The van der Waals surface area contributed by atoms with Crippen molar-refractivity contribution in [1.29, 1.82) is 0 Å². The summed E-state index contributed by atoms with van der Waals surface area (Å²) in [5.41, 5.74) is 0. The Labute approximate surface area is 174 Å². The Hall–Kier alpha value is -0.340. The molecule has 25 heavy (non-hydrogen) atoms. The fourth-order valence-corrected chi connectivity index (χ4v) is 4.11. The van der Waals surface area contributed by atoms with E-state index < -0.39 is 0 Å². The molecule has 144 valence electrons. The Morgan fingerprint density at radius 1 is 1.36 bits per heavy atom. The maximum absolute atomic E-state index is 4.38. The van der Waals surface area contributed by atoms with Crippen molar-refractivity contribution in [3.63, 3.8) is 0 Å². The second-order valence-electron chi connectivity index (χ2n) is 6.84. The zero-order valence-electron chi connectivity index (χ0n) is 16.0. The summed E-state index contributed by atoms with van der Waals surface area (Å²) in [5.74, 6) is 2.40. The van der Waals surface area contributed by atoms with Gasteiger partial charge in [-0.2, -0.15) is 0 Å². The number of aliphatic imine (C=N–C) groups is 1. The molecular formula is C19H35IN4S. The number of nitrogens with zero attached hydrogens (tertiary/aromatic N) is 2. The van der Waals surface area contributed by atoms with Crippen LogP contribution >= 0.6 is 35.3 Å². The molecule has 0 aromatic carbocycles. The molecule has 1 atom stereocenters. The first-order valence-corrected chi connectivity index (χ1v) is 10.3. The van der Waals surface area contributed by atoms with E-state index in [9.17, 15) is 0 Å². The van der Waals surface area contributed by atoms with Crippen molar-refractivity contribution < 1.29 is 0 Å². The first-order chi connectivity index (χ1) is 11.7. The van der Waals surface area contributed by atoms with Crippen molar-refractivity contribution in [3.05, 3.63) is 22.4 Å². The van der Waals surface area contributed by atoms with Crippen LogP contribution in [0.3, 0.4) is 0 Å². The lowest BCUT2D eigenvalue weighted by Crippen LogP contribution is -2.45. The summed E-state index contributed by atoms with van der Waals surface area (Å²) >= 11 is 1.87. The summed E-state index contributed by atoms with van der Waals surface area (Å²) in [4.78, 5) is 8.45. The van der Waals surface area contributed by atoms with E-state index in [0.717, 1.165) is 31.5 Å². The molecule has 2 heterocycles. The van der Waals surface area contributed by atoms with Crippen LogP contribution in [-0.4, -0.2) is 44.1 Å². The van der Waals surface area contributed by atoms with Crippen LogP contribution in [0.1, 0.15) is 44.4 Å². The molecule has 0 aliphatic carbocycles. The smallest absolute Gasteiger partial charge is 0.190 e. The predicted octanol–water partition coefficient (Wildman–Crippen LogP) is 4.18. The van der Waals surface area contributed by atoms with E-state index in [0.29, 0.717) is 5.92 Å². The van der Waals surface area contributed by atoms with Crippen LogP contribution in [0, 0.1) is 11.8 Å². The van der Waals surface area contributed by atoms with Gasteiger partial charge in [-0.05, 0) is 42.7 Å². The van der Waals surface area contributed by atoms with Crippen molar-refractivity contribution >= 4 is 41.3 Å². The average molecular weight is 478 g/mol. The largest absolute Gasteiger partial charge is 0.356 e. The number of piperidine rings is 1. The van der Waals surface area contributed by atoms with Crippen molar-refractivity contribution in [3.8, 4) is 0 Å². The molecule has 1 fully saturated rings. The van der Waals surface area contributed by atoms with Gasteiger partial charge in [0.25, 0.3) is 0 Å². The highest BCUT2D eigenvalue weighted by Gasteiger charge is 2.20. The molecule has 0 bridgehead atoms. The summed E-state index contributed by atoms with van der Waals surface area (Å²) in [7, 11) is 1.87. The van der Waals surface area contributed by atoms with Crippen molar-refractivity contribution in [2.45, 2.75) is 46.1 Å². The molecular weight excluding hydrogens is 443 g/mol. The number of halogens is 1. The first kappa shape index (κ1) is 22.7. The number of hydrogen-bond donors (Lipinski definition) is 2. The molecule has 1 unspecified atom stereocenters. The minimum absolute atomic E-state index is 0. The maximum Gasteiger partial charge on any atom is 0.190 e. The Kier molecular flexibility index (Phi) is 11.7. The quantitative estimate of drug-likeness (QED) is 0.335. The first-order valence-electron chi connectivity index (χ1n) is 9.44. The SMILES string of the molecule is CCC(CC)CNC(=NC)NCC1CCCN(Cc2cccs2)C1.I. The molecule has 4 nitrogen and oxygen atoms in total. The Morgan fingerprint density at radius 2 is 2.16 bits per heavy atom. The molecule has 1 aromatic rings. The molecule has 0 saturated carbocycles. The van der Waals surface area contributed by atoms with E-state index in [2.05, 4.69) is 51.9 Å². The third-order valence-electron chi connectivity index (χ3n) is 5.06. The Bertz CT molecular complexity index is 474. The molecule has 1 saturated heterocycles. The van der Waals surface area contributed by atoms with Gasteiger partial charge in [-0.1, -0.05) is 32.8 Å². The normalized spacial score (nSPS) is 18.9. The number of guanidine groups is 1. The molecule has 1 aliphatic rings. The number of hydrogen-bond acceptors (Lipinski definition) is 3. The van der Waals surface area contributed by atoms with E-state index in [-0.39, 0.29) is 24.0 Å².